The van der Waals surface area contributed by atoms with Crippen LogP contribution in [0.1, 0.15) is 29.5 Å². The van der Waals surface area contributed by atoms with E-state index in [1.54, 1.807) is 6.07 Å². The van der Waals surface area contributed by atoms with Gasteiger partial charge in [-0.3, -0.25) is 4.90 Å². The summed E-state index contributed by atoms with van der Waals surface area (Å²) >= 11 is 0. The molecule has 0 spiro atoms. The summed E-state index contributed by atoms with van der Waals surface area (Å²) in [5, 5.41) is 0. The molecule has 1 aliphatic rings. The quantitative estimate of drug-likeness (QED) is 0.615. The fourth-order valence-electron chi connectivity index (χ4n) is 3.82. The van der Waals surface area contributed by atoms with E-state index in [9.17, 15) is 13.2 Å². The molecule has 2 aromatic carbocycles. The average Bonchev–Trinajstić information content (AvgIpc) is 3.07. The van der Waals surface area contributed by atoms with Crippen LogP contribution in [0.25, 0.3) is 11.0 Å². The largest absolute Gasteiger partial charge is 0.416 e. The number of rotatable bonds is 5. The molecule has 0 amide bonds. The lowest BCUT2D eigenvalue weighted by molar-refractivity contribution is -0.137. The lowest BCUT2D eigenvalue weighted by Gasteiger charge is -2.32. The zero-order valence-corrected chi connectivity index (χ0v) is 16.3. The van der Waals surface area contributed by atoms with Crippen molar-refractivity contribution >= 4 is 11.0 Å². The molecule has 2 heterocycles. The molecule has 0 unspecified atom stereocenters. The van der Waals surface area contributed by atoms with Crippen LogP contribution >= 0.6 is 0 Å². The van der Waals surface area contributed by atoms with Gasteiger partial charge in [-0.05, 0) is 48.2 Å². The third kappa shape index (κ3) is 4.79. The molecule has 154 valence electrons. The Bertz CT molecular complexity index is 975. The second kappa shape index (κ2) is 8.16. The lowest BCUT2D eigenvalue weighted by Crippen LogP contribution is -2.36. The van der Waals surface area contributed by atoms with Gasteiger partial charge >= 0.3 is 6.18 Å². The smallest absolute Gasteiger partial charge is 0.373 e. The van der Waals surface area contributed by atoms with Crippen molar-refractivity contribution in [1.82, 2.24) is 14.5 Å². The highest BCUT2D eigenvalue weighted by Gasteiger charge is 2.30. The van der Waals surface area contributed by atoms with E-state index in [0.29, 0.717) is 5.56 Å². The van der Waals surface area contributed by atoms with Gasteiger partial charge in [-0.25, -0.2) is 4.98 Å². The molecule has 7 heteroatoms. The lowest BCUT2D eigenvalue weighted by atomic mass is 10.1. The van der Waals surface area contributed by atoms with Crippen molar-refractivity contribution in [2.75, 3.05) is 13.1 Å². The van der Waals surface area contributed by atoms with Crippen molar-refractivity contribution in [3.05, 3.63) is 65.5 Å². The van der Waals surface area contributed by atoms with E-state index in [1.807, 2.05) is 17.9 Å². The maximum Gasteiger partial charge on any atom is 0.416 e. The Labute approximate surface area is 167 Å². The number of hydrogen-bond acceptors (Lipinski definition) is 3. The number of likely N-dealkylation sites (tertiary alicyclic amines) is 1. The van der Waals surface area contributed by atoms with Gasteiger partial charge in [0, 0.05) is 26.7 Å². The second-order valence-electron chi connectivity index (χ2n) is 7.66. The van der Waals surface area contributed by atoms with E-state index >= 15 is 0 Å². The third-order valence-electron chi connectivity index (χ3n) is 5.47. The highest BCUT2D eigenvalue weighted by atomic mass is 19.4. The van der Waals surface area contributed by atoms with Gasteiger partial charge in [0.1, 0.15) is 0 Å². The minimum absolute atomic E-state index is 0.0825. The molecule has 0 atom stereocenters. The highest BCUT2D eigenvalue weighted by Crippen LogP contribution is 2.30. The van der Waals surface area contributed by atoms with Crippen molar-refractivity contribution in [2.24, 2.45) is 7.05 Å². The number of piperidine rings is 1. The number of aryl methyl sites for hydroxylation is 1. The van der Waals surface area contributed by atoms with E-state index in [1.165, 1.54) is 17.7 Å². The number of fused-ring (bicyclic) bond motifs is 1. The van der Waals surface area contributed by atoms with Gasteiger partial charge < -0.3 is 9.30 Å². The average molecular weight is 403 g/mol. The van der Waals surface area contributed by atoms with Gasteiger partial charge in [0.25, 0.3) is 0 Å². The molecule has 4 rings (SSSR count). The number of aromatic nitrogens is 2. The van der Waals surface area contributed by atoms with Crippen LogP contribution in [0, 0.1) is 0 Å². The minimum Gasteiger partial charge on any atom is -0.373 e. The van der Waals surface area contributed by atoms with Crippen LogP contribution in [0.2, 0.25) is 0 Å². The van der Waals surface area contributed by atoms with E-state index in [-0.39, 0.29) is 12.7 Å². The third-order valence-corrected chi connectivity index (χ3v) is 5.47. The van der Waals surface area contributed by atoms with Crippen molar-refractivity contribution in [1.29, 1.82) is 0 Å². The normalized spacial score (nSPS) is 16.6. The maximum atomic E-state index is 12.8. The Morgan fingerprint density at radius 1 is 1.07 bits per heavy atom. The number of alkyl halides is 3. The molecule has 1 fully saturated rings. The topological polar surface area (TPSA) is 30.3 Å². The second-order valence-corrected chi connectivity index (χ2v) is 7.66. The summed E-state index contributed by atoms with van der Waals surface area (Å²) in [5.41, 5.74) is 3.29. The zero-order valence-electron chi connectivity index (χ0n) is 16.3. The molecule has 0 saturated carbocycles. The predicted molar refractivity (Wildman–Crippen MR) is 105 cm³/mol. The van der Waals surface area contributed by atoms with Gasteiger partial charge in [0.15, 0.2) is 0 Å². The van der Waals surface area contributed by atoms with E-state index in [0.717, 1.165) is 49.6 Å². The first kappa shape index (κ1) is 19.9. The molecule has 1 saturated heterocycles. The highest BCUT2D eigenvalue weighted by molar-refractivity contribution is 5.75. The molecule has 1 aliphatic heterocycles. The molecule has 3 aromatic rings. The van der Waals surface area contributed by atoms with Crippen molar-refractivity contribution in [3.8, 4) is 0 Å². The van der Waals surface area contributed by atoms with E-state index in [4.69, 9.17) is 4.74 Å². The summed E-state index contributed by atoms with van der Waals surface area (Å²) in [4.78, 5) is 6.80. The maximum absolute atomic E-state index is 12.8. The van der Waals surface area contributed by atoms with Crippen molar-refractivity contribution in [3.63, 3.8) is 0 Å². The summed E-state index contributed by atoms with van der Waals surface area (Å²) < 4.78 is 46.4. The summed E-state index contributed by atoms with van der Waals surface area (Å²) in [6, 6.07) is 11.7. The van der Waals surface area contributed by atoms with Crippen LogP contribution in [0.5, 0.6) is 0 Å². The number of nitrogens with zero attached hydrogens (tertiary/aromatic N) is 3. The molecule has 29 heavy (non-hydrogen) atoms. The van der Waals surface area contributed by atoms with Crippen LogP contribution in [0.4, 0.5) is 13.2 Å². The van der Waals surface area contributed by atoms with Crippen LogP contribution < -0.4 is 0 Å². The number of imidazole rings is 1. The Balaban J connectivity index is 1.27. The number of halogens is 3. The van der Waals surface area contributed by atoms with Crippen LogP contribution in [-0.2, 0) is 31.1 Å². The molecule has 0 radical (unpaired) electrons. The standard InChI is InChI=1S/C22H24F3N3O/c1-27-15-26-20-12-16(5-6-21(20)27)13-28-9-7-19(8-10-28)29-14-17-3-2-4-18(11-17)22(23,24)25/h2-6,11-12,15,19H,7-10,13-14H2,1H3. The molecule has 0 aliphatic carbocycles. The predicted octanol–water partition coefficient (Wildman–Crippen LogP) is 4.77. The Morgan fingerprint density at radius 3 is 2.62 bits per heavy atom. The first-order chi connectivity index (χ1) is 13.9. The van der Waals surface area contributed by atoms with E-state index in [2.05, 4.69) is 28.1 Å². The molecule has 0 bridgehead atoms. The van der Waals surface area contributed by atoms with Gasteiger partial charge in [0.05, 0.1) is 35.6 Å². The Kier molecular flexibility index (Phi) is 5.61. The first-order valence-electron chi connectivity index (χ1n) is 9.78. The number of hydrogen-bond donors (Lipinski definition) is 0. The van der Waals surface area contributed by atoms with Gasteiger partial charge in [-0.2, -0.15) is 13.2 Å². The van der Waals surface area contributed by atoms with Gasteiger partial charge in [-0.1, -0.05) is 18.2 Å². The minimum atomic E-state index is -4.32. The molecule has 4 nitrogen and oxygen atoms in total. The Morgan fingerprint density at radius 2 is 1.86 bits per heavy atom. The van der Waals surface area contributed by atoms with Gasteiger partial charge in [0.2, 0.25) is 0 Å². The summed E-state index contributed by atoms with van der Waals surface area (Å²) in [5.74, 6) is 0. The summed E-state index contributed by atoms with van der Waals surface area (Å²) in [7, 11) is 1.99. The zero-order chi connectivity index (χ0) is 20.4. The van der Waals surface area contributed by atoms with E-state index < -0.39 is 11.7 Å². The van der Waals surface area contributed by atoms with Crippen LogP contribution in [0.3, 0.4) is 0 Å². The molecule has 0 N–H and O–H groups in total. The van der Waals surface area contributed by atoms with Crippen molar-refractivity contribution in [2.45, 2.75) is 38.3 Å². The Hall–Kier alpha value is -2.38. The summed E-state index contributed by atoms with van der Waals surface area (Å²) in [6.07, 6.45) is -0.657. The molecular formula is C22H24F3N3O. The first-order valence-corrected chi connectivity index (χ1v) is 9.78. The van der Waals surface area contributed by atoms with Crippen LogP contribution in [-0.4, -0.2) is 33.6 Å². The fourth-order valence-corrected chi connectivity index (χ4v) is 3.82. The van der Waals surface area contributed by atoms with Crippen LogP contribution in [0.15, 0.2) is 48.8 Å². The number of benzene rings is 2. The number of ether oxygens (including phenoxy) is 1. The van der Waals surface area contributed by atoms with Crippen molar-refractivity contribution < 1.29 is 17.9 Å². The molecular weight excluding hydrogens is 379 g/mol. The molecule has 1 aromatic heterocycles. The SMILES string of the molecule is Cn1cnc2cc(CN3CCC(OCc4cccc(C(F)(F)F)c4)CC3)ccc21. The monoisotopic (exact) mass is 403 g/mol. The van der Waals surface area contributed by atoms with Gasteiger partial charge in [-0.15, -0.1) is 0 Å². The summed E-state index contributed by atoms with van der Waals surface area (Å²) in [6.45, 7) is 2.90. The fraction of sp³-hybridized carbons (Fsp3) is 0.409.